The van der Waals surface area contributed by atoms with Crippen LogP contribution in [-0.4, -0.2) is 39.4 Å². The Kier molecular flexibility index (Phi) is 5.18. The van der Waals surface area contributed by atoms with Crippen LogP contribution in [0, 0.1) is 13.8 Å². The molecule has 0 aliphatic carbocycles. The van der Waals surface area contributed by atoms with Crippen molar-refractivity contribution in [3.63, 3.8) is 0 Å². The van der Waals surface area contributed by atoms with Crippen molar-refractivity contribution in [3.05, 3.63) is 47.3 Å². The smallest absolute Gasteiger partial charge is 0.214 e. The van der Waals surface area contributed by atoms with Crippen molar-refractivity contribution in [3.8, 4) is 17.2 Å². The maximum Gasteiger partial charge on any atom is 0.214 e. The number of thioether (sulfide) groups is 1. The molecule has 3 aromatic rings. The zero-order chi connectivity index (χ0) is 17.8. The highest BCUT2D eigenvalue weighted by molar-refractivity contribution is 7.98. The van der Waals surface area contributed by atoms with E-state index in [1.165, 1.54) is 11.8 Å². The van der Waals surface area contributed by atoms with Crippen LogP contribution in [0.4, 0.5) is 0 Å². The molecule has 0 amide bonds. The zero-order valence-corrected chi connectivity index (χ0v) is 15.4. The molecule has 0 spiro atoms. The summed E-state index contributed by atoms with van der Waals surface area (Å²) in [5.41, 5.74) is 3.80. The molecule has 2 heterocycles. The molecule has 0 radical (unpaired) electrons. The summed E-state index contributed by atoms with van der Waals surface area (Å²) in [7, 11) is 3.30. The van der Waals surface area contributed by atoms with E-state index in [1.807, 2.05) is 44.3 Å². The fraction of sp³-hybridized carbons (Fsp3) is 0.294. The third-order valence-corrected chi connectivity index (χ3v) is 4.77. The number of nitrogens with zero attached hydrogens (tertiary/aromatic N) is 5. The summed E-state index contributed by atoms with van der Waals surface area (Å²) in [5.74, 6) is 2.22. The Morgan fingerprint density at radius 2 is 1.92 bits per heavy atom. The van der Waals surface area contributed by atoms with E-state index in [9.17, 15) is 0 Å². The van der Waals surface area contributed by atoms with Crippen molar-refractivity contribution in [1.29, 1.82) is 0 Å². The number of rotatable bonds is 6. The molecule has 0 saturated carbocycles. The maximum atomic E-state index is 5.47. The Morgan fingerprint density at radius 3 is 2.68 bits per heavy atom. The lowest BCUT2D eigenvalue weighted by Crippen LogP contribution is -2.03. The van der Waals surface area contributed by atoms with Gasteiger partial charge in [-0.3, -0.25) is 4.98 Å². The third-order valence-electron chi connectivity index (χ3n) is 3.84. The molecular weight excluding hydrogens is 338 g/mol. The molecule has 0 bridgehead atoms. The highest BCUT2D eigenvalue weighted by Gasteiger charge is 2.15. The molecule has 0 aliphatic heterocycles. The topological polar surface area (TPSA) is 75.0 Å². The fourth-order valence-electron chi connectivity index (χ4n) is 2.57. The SMILES string of the molecule is COc1ccccc1-n1nnnc1SCc1ncc(C)c(OC)c1C. The number of aryl methyl sites for hydroxylation is 1. The first-order valence-corrected chi connectivity index (χ1v) is 8.68. The highest BCUT2D eigenvalue weighted by Crippen LogP contribution is 2.30. The minimum atomic E-state index is 0.637. The van der Waals surface area contributed by atoms with Gasteiger partial charge in [0, 0.05) is 23.1 Å². The summed E-state index contributed by atoms with van der Waals surface area (Å²) < 4.78 is 12.5. The predicted octanol–water partition coefficient (Wildman–Crippen LogP) is 2.98. The third kappa shape index (κ3) is 3.43. The zero-order valence-electron chi connectivity index (χ0n) is 14.6. The summed E-state index contributed by atoms with van der Waals surface area (Å²) in [6.07, 6.45) is 1.82. The summed E-state index contributed by atoms with van der Waals surface area (Å²) in [5, 5.41) is 12.7. The number of tetrazole rings is 1. The first-order chi connectivity index (χ1) is 12.2. The van der Waals surface area contributed by atoms with Crippen molar-refractivity contribution >= 4 is 11.8 Å². The Balaban J connectivity index is 1.86. The molecule has 0 N–H and O–H groups in total. The van der Waals surface area contributed by atoms with Crippen LogP contribution >= 0.6 is 11.8 Å². The van der Waals surface area contributed by atoms with Gasteiger partial charge >= 0.3 is 0 Å². The van der Waals surface area contributed by atoms with Gasteiger partial charge in [0.2, 0.25) is 5.16 Å². The second kappa shape index (κ2) is 7.52. The van der Waals surface area contributed by atoms with Crippen LogP contribution in [0.2, 0.25) is 0 Å². The van der Waals surface area contributed by atoms with E-state index in [4.69, 9.17) is 9.47 Å². The molecule has 0 saturated heterocycles. The summed E-state index contributed by atoms with van der Waals surface area (Å²) in [6.45, 7) is 4.00. The van der Waals surface area contributed by atoms with Crippen LogP contribution in [0.5, 0.6) is 11.5 Å². The standard InChI is InChI=1S/C17H19N5O2S/c1-11-9-18-13(12(2)16(11)24-4)10-25-17-19-20-21-22(17)14-7-5-6-8-15(14)23-3/h5-9H,10H2,1-4H3. The van der Waals surface area contributed by atoms with Gasteiger partial charge in [-0.1, -0.05) is 23.9 Å². The van der Waals surface area contributed by atoms with Crippen LogP contribution in [0.25, 0.3) is 5.69 Å². The lowest BCUT2D eigenvalue weighted by molar-refractivity contribution is 0.407. The number of hydrogen-bond donors (Lipinski definition) is 0. The lowest BCUT2D eigenvalue weighted by Gasteiger charge is -2.12. The molecule has 0 fully saturated rings. The molecule has 130 valence electrons. The number of benzene rings is 1. The van der Waals surface area contributed by atoms with Crippen LogP contribution in [0.3, 0.4) is 0 Å². The van der Waals surface area contributed by atoms with Crippen molar-refractivity contribution in [1.82, 2.24) is 25.2 Å². The number of methoxy groups -OCH3 is 2. The number of hydrogen-bond acceptors (Lipinski definition) is 7. The molecule has 0 unspecified atom stereocenters. The lowest BCUT2D eigenvalue weighted by atomic mass is 10.1. The highest BCUT2D eigenvalue weighted by atomic mass is 32.2. The molecule has 2 aromatic heterocycles. The predicted molar refractivity (Wildman–Crippen MR) is 95.5 cm³/mol. The van der Waals surface area contributed by atoms with Crippen LogP contribution < -0.4 is 9.47 Å². The van der Waals surface area contributed by atoms with Gasteiger partial charge in [0.25, 0.3) is 0 Å². The van der Waals surface area contributed by atoms with E-state index in [2.05, 4.69) is 20.5 Å². The van der Waals surface area contributed by atoms with Gasteiger partial charge in [-0.05, 0) is 36.4 Å². The Bertz CT molecular complexity index is 881. The van der Waals surface area contributed by atoms with Gasteiger partial charge in [-0.25, -0.2) is 0 Å². The van der Waals surface area contributed by atoms with E-state index >= 15 is 0 Å². The first kappa shape index (κ1) is 17.2. The van der Waals surface area contributed by atoms with Gasteiger partial charge in [0.15, 0.2) is 0 Å². The quantitative estimate of drug-likeness (QED) is 0.628. The van der Waals surface area contributed by atoms with Gasteiger partial charge in [0.05, 0.1) is 19.9 Å². The van der Waals surface area contributed by atoms with E-state index in [0.717, 1.165) is 28.3 Å². The molecule has 0 atom stereocenters. The normalized spacial score (nSPS) is 10.7. The first-order valence-electron chi connectivity index (χ1n) is 7.69. The number of aromatic nitrogens is 5. The van der Waals surface area contributed by atoms with Crippen LogP contribution in [-0.2, 0) is 5.75 Å². The van der Waals surface area contributed by atoms with Crippen LogP contribution in [0.15, 0.2) is 35.6 Å². The molecule has 3 rings (SSSR count). The van der Waals surface area contributed by atoms with E-state index in [1.54, 1.807) is 18.9 Å². The van der Waals surface area contributed by atoms with Crippen molar-refractivity contribution in [2.75, 3.05) is 14.2 Å². The van der Waals surface area contributed by atoms with Crippen molar-refractivity contribution in [2.45, 2.75) is 24.8 Å². The van der Waals surface area contributed by atoms with Crippen molar-refractivity contribution < 1.29 is 9.47 Å². The van der Waals surface area contributed by atoms with E-state index < -0.39 is 0 Å². The summed E-state index contributed by atoms with van der Waals surface area (Å²) in [6, 6.07) is 7.62. The van der Waals surface area contributed by atoms with Gasteiger partial charge in [-0.2, -0.15) is 4.68 Å². The Morgan fingerprint density at radius 1 is 1.12 bits per heavy atom. The minimum absolute atomic E-state index is 0.637. The van der Waals surface area contributed by atoms with Gasteiger partial charge < -0.3 is 9.47 Å². The van der Waals surface area contributed by atoms with Crippen LogP contribution in [0.1, 0.15) is 16.8 Å². The minimum Gasteiger partial charge on any atom is -0.496 e. The largest absolute Gasteiger partial charge is 0.496 e. The molecule has 1 aromatic carbocycles. The molecule has 8 heteroatoms. The van der Waals surface area contributed by atoms with E-state index in [-0.39, 0.29) is 0 Å². The van der Waals surface area contributed by atoms with Crippen molar-refractivity contribution in [2.24, 2.45) is 0 Å². The Hall–Kier alpha value is -2.61. The molecule has 25 heavy (non-hydrogen) atoms. The average Bonchev–Trinajstić information content (AvgIpc) is 3.10. The van der Waals surface area contributed by atoms with Gasteiger partial charge in [0.1, 0.15) is 17.2 Å². The maximum absolute atomic E-state index is 5.47. The number of ether oxygens (including phenoxy) is 2. The second-order valence-corrected chi connectivity index (χ2v) is 6.32. The average molecular weight is 357 g/mol. The molecule has 7 nitrogen and oxygen atoms in total. The fourth-order valence-corrected chi connectivity index (χ4v) is 3.48. The summed E-state index contributed by atoms with van der Waals surface area (Å²) >= 11 is 1.51. The molecular formula is C17H19N5O2S. The summed E-state index contributed by atoms with van der Waals surface area (Å²) in [4.78, 5) is 4.52. The molecule has 0 aliphatic rings. The number of pyridine rings is 1. The number of para-hydroxylation sites is 2. The van der Waals surface area contributed by atoms with E-state index in [0.29, 0.717) is 16.7 Å². The monoisotopic (exact) mass is 357 g/mol. The Labute approximate surface area is 150 Å². The second-order valence-electron chi connectivity index (χ2n) is 5.38. The van der Waals surface area contributed by atoms with Gasteiger partial charge in [-0.15, -0.1) is 5.10 Å².